The van der Waals surface area contributed by atoms with Crippen LogP contribution in [0.4, 0.5) is 11.4 Å². The third kappa shape index (κ3) is 2.88. The van der Waals surface area contributed by atoms with E-state index in [-0.39, 0.29) is 11.4 Å². The molecule has 1 aromatic rings. The maximum absolute atomic E-state index is 10.3. The zero-order valence-corrected chi connectivity index (χ0v) is 7.95. The van der Waals surface area contributed by atoms with Gasteiger partial charge in [0.25, 0.3) is 5.69 Å². The van der Waals surface area contributed by atoms with E-state index in [9.17, 15) is 14.9 Å². The summed E-state index contributed by atoms with van der Waals surface area (Å²) in [6.07, 6.45) is 0.304. The molecule has 0 bridgehead atoms. The molecule has 0 saturated carbocycles. The van der Waals surface area contributed by atoms with E-state index in [4.69, 9.17) is 5.26 Å². The van der Waals surface area contributed by atoms with Crippen LogP contribution in [0.25, 0.3) is 0 Å². The van der Waals surface area contributed by atoms with Crippen LogP contribution >= 0.6 is 0 Å². The van der Waals surface area contributed by atoms with E-state index in [2.05, 4.69) is 10.5 Å². The van der Waals surface area contributed by atoms with Gasteiger partial charge in [-0.25, -0.2) is 0 Å². The van der Waals surface area contributed by atoms with Crippen molar-refractivity contribution in [2.24, 2.45) is 5.10 Å². The van der Waals surface area contributed by atoms with Crippen molar-refractivity contribution in [3.63, 3.8) is 0 Å². The second-order valence-corrected chi connectivity index (χ2v) is 2.64. The molecule has 0 aromatic heterocycles. The number of non-ortho nitro benzene ring substituents is 1. The van der Waals surface area contributed by atoms with Crippen molar-refractivity contribution in [2.75, 3.05) is 5.43 Å². The van der Waals surface area contributed by atoms with Crippen molar-refractivity contribution in [1.82, 2.24) is 0 Å². The van der Waals surface area contributed by atoms with Gasteiger partial charge in [0, 0.05) is 12.1 Å². The highest BCUT2D eigenvalue weighted by Crippen LogP contribution is 2.15. The second-order valence-electron chi connectivity index (χ2n) is 2.64. The summed E-state index contributed by atoms with van der Waals surface area (Å²) in [6, 6.07) is 6.96. The molecule has 0 aliphatic heterocycles. The van der Waals surface area contributed by atoms with Crippen LogP contribution in [0.5, 0.6) is 0 Å². The fraction of sp³-hybridized carbons (Fsp3) is 0. The number of carbonyl (C=O) groups is 1. The van der Waals surface area contributed by atoms with Crippen LogP contribution in [0.1, 0.15) is 0 Å². The zero-order valence-electron chi connectivity index (χ0n) is 7.95. The topological polar surface area (TPSA) is 108 Å². The molecule has 1 rings (SSSR count). The van der Waals surface area contributed by atoms with Crippen molar-refractivity contribution in [1.29, 1.82) is 5.26 Å². The van der Waals surface area contributed by atoms with Gasteiger partial charge in [0.1, 0.15) is 6.07 Å². The van der Waals surface area contributed by atoms with Gasteiger partial charge in [0.2, 0.25) is 0 Å². The van der Waals surface area contributed by atoms with Gasteiger partial charge >= 0.3 is 0 Å². The molecule has 7 nitrogen and oxygen atoms in total. The first-order valence-electron chi connectivity index (χ1n) is 4.11. The summed E-state index contributed by atoms with van der Waals surface area (Å²) < 4.78 is 0. The lowest BCUT2D eigenvalue weighted by Crippen LogP contribution is -2.00. The minimum absolute atomic E-state index is 0.0505. The SMILES string of the molecule is N#C/C(C=O)=N\Nc1ccc([N+](=O)[O-])cc1. The molecule has 0 unspecified atom stereocenters. The number of anilines is 1. The molecule has 0 aliphatic rings. The Labute approximate surface area is 90.1 Å². The molecule has 0 aliphatic carbocycles. The number of hydrogen-bond acceptors (Lipinski definition) is 6. The van der Waals surface area contributed by atoms with Gasteiger partial charge in [0.15, 0.2) is 12.0 Å². The molecule has 0 radical (unpaired) electrons. The second kappa shape index (κ2) is 5.21. The number of aldehydes is 1. The molecule has 0 amide bonds. The lowest BCUT2D eigenvalue weighted by Gasteiger charge is -1.98. The summed E-state index contributed by atoms with van der Waals surface area (Å²) in [5, 5.41) is 22.2. The van der Waals surface area contributed by atoms with Crippen LogP contribution in [0, 0.1) is 21.4 Å². The highest BCUT2D eigenvalue weighted by Gasteiger charge is 2.03. The summed E-state index contributed by atoms with van der Waals surface area (Å²) >= 11 is 0. The first-order chi connectivity index (χ1) is 7.67. The van der Waals surface area contributed by atoms with Crippen LogP contribution in [-0.2, 0) is 4.79 Å². The van der Waals surface area contributed by atoms with E-state index >= 15 is 0 Å². The predicted molar refractivity (Wildman–Crippen MR) is 55.8 cm³/mol. The largest absolute Gasteiger partial charge is 0.295 e. The van der Waals surface area contributed by atoms with Gasteiger partial charge in [0.05, 0.1) is 10.6 Å². The number of carbonyl (C=O) groups excluding carboxylic acids is 1. The Morgan fingerprint density at radius 3 is 2.56 bits per heavy atom. The molecule has 0 saturated heterocycles. The first-order valence-corrected chi connectivity index (χ1v) is 4.11. The van der Waals surface area contributed by atoms with Gasteiger partial charge in [-0.1, -0.05) is 0 Å². The Balaban J connectivity index is 2.77. The molecule has 0 atom stereocenters. The lowest BCUT2D eigenvalue weighted by atomic mass is 10.3. The number of nitriles is 1. The summed E-state index contributed by atoms with van der Waals surface area (Å²) in [5.41, 5.74) is 2.51. The third-order valence-electron chi connectivity index (χ3n) is 1.61. The maximum atomic E-state index is 10.3. The van der Waals surface area contributed by atoms with Crippen molar-refractivity contribution < 1.29 is 9.72 Å². The Morgan fingerprint density at radius 1 is 1.50 bits per heavy atom. The molecule has 0 spiro atoms. The molecule has 1 aromatic carbocycles. The minimum atomic E-state index is -0.529. The average molecular weight is 218 g/mol. The van der Waals surface area contributed by atoms with Crippen molar-refractivity contribution in [3.05, 3.63) is 34.4 Å². The van der Waals surface area contributed by atoms with Crippen LogP contribution in [0.3, 0.4) is 0 Å². The number of hydrogen-bond donors (Lipinski definition) is 1. The number of nitrogens with zero attached hydrogens (tertiary/aromatic N) is 3. The monoisotopic (exact) mass is 218 g/mol. The summed E-state index contributed by atoms with van der Waals surface area (Å²) in [6.45, 7) is 0. The van der Waals surface area contributed by atoms with Crippen molar-refractivity contribution in [2.45, 2.75) is 0 Å². The van der Waals surface area contributed by atoms with Gasteiger partial charge < -0.3 is 0 Å². The number of benzene rings is 1. The van der Waals surface area contributed by atoms with E-state index in [1.807, 2.05) is 0 Å². The van der Waals surface area contributed by atoms with E-state index in [0.717, 1.165) is 0 Å². The van der Waals surface area contributed by atoms with Crippen molar-refractivity contribution in [3.8, 4) is 6.07 Å². The van der Waals surface area contributed by atoms with Gasteiger partial charge in [-0.3, -0.25) is 20.3 Å². The van der Waals surface area contributed by atoms with E-state index in [1.165, 1.54) is 24.3 Å². The molecule has 0 fully saturated rings. The number of nitro benzene ring substituents is 1. The molecule has 7 heteroatoms. The zero-order chi connectivity index (χ0) is 12.0. The van der Waals surface area contributed by atoms with Crippen LogP contribution in [-0.4, -0.2) is 16.9 Å². The van der Waals surface area contributed by atoms with E-state index in [1.54, 1.807) is 6.07 Å². The first kappa shape index (κ1) is 11.3. The fourth-order valence-electron chi connectivity index (χ4n) is 0.860. The normalized spacial score (nSPS) is 10.3. The van der Waals surface area contributed by atoms with Gasteiger partial charge in [-0.15, -0.1) is 0 Å². The summed E-state index contributed by atoms with van der Waals surface area (Å²) in [5.74, 6) is 0. The molecular formula is C9H6N4O3. The highest BCUT2D eigenvalue weighted by molar-refractivity contribution is 6.35. The molecular weight excluding hydrogens is 212 g/mol. The molecule has 1 N–H and O–H groups in total. The molecule has 16 heavy (non-hydrogen) atoms. The number of rotatable bonds is 4. The smallest absolute Gasteiger partial charge is 0.269 e. The fourth-order valence-corrected chi connectivity index (χ4v) is 0.860. The predicted octanol–water partition coefficient (Wildman–Crippen LogP) is 1.09. The van der Waals surface area contributed by atoms with Crippen LogP contribution < -0.4 is 5.43 Å². The summed E-state index contributed by atoms with van der Waals surface area (Å²) in [7, 11) is 0. The Morgan fingerprint density at radius 2 is 2.12 bits per heavy atom. The quantitative estimate of drug-likeness (QED) is 0.352. The average Bonchev–Trinajstić information content (AvgIpc) is 2.31. The third-order valence-corrected chi connectivity index (χ3v) is 1.61. The lowest BCUT2D eigenvalue weighted by molar-refractivity contribution is -0.384. The summed E-state index contributed by atoms with van der Waals surface area (Å²) in [4.78, 5) is 20.0. The van der Waals surface area contributed by atoms with E-state index < -0.39 is 4.92 Å². The Hall–Kier alpha value is -2.75. The highest BCUT2D eigenvalue weighted by atomic mass is 16.6. The Kier molecular flexibility index (Phi) is 3.69. The number of nitro groups is 1. The van der Waals surface area contributed by atoms with Crippen molar-refractivity contribution >= 4 is 23.4 Å². The maximum Gasteiger partial charge on any atom is 0.269 e. The standard InChI is InChI=1S/C9H6N4O3/c10-5-8(6-14)12-11-7-1-3-9(4-2-7)13(15)16/h1-4,6,11H/b12-8+. The molecule has 0 heterocycles. The molecule has 80 valence electrons. The Bertz CT molecular complexity index is 473. The number of nitrogens with one attached hydrogen (secondary N) is 1. The van der Waals surface area contributed by atoms with Crippen LogP contribution in [0.2, 0.25) is 0 Å². The van der Waals surface area contributed by atoms with Gasteiger partial charge in [-0.2, -0.15) is 10.4 Å². The van der Waals surface area contributed by atoms with E-state index in [0.29, 0.717) is 12.0 Å². The van der Waals surface area contributed by atoms with Crippen LogP contribution in [0.15, 0.2) is 29.4 Å². The number of hydrazone groups is 1. The minimum Gasteiger partial charge on any atom is -0.295 e. The van der Waals surface area contributed by atoms with Gasteiger partial charge in [-0.05, 0) is 12.1 Å².